The molecule has 2 aliphatic carbocycles. The second kappa shape index (κ2) is 2.62. The Hall–Kier alpha value is -0.330. The molecule has 0 aromatic heterocycles. The first-order valence-electron chi connectivity index (χ1n) is 4.84. The lowest BCUT2D eigenvalue weighted by atomic mass is 9.78. The highest BCUT2D eigenvalue weighted by atomic mass is 16.1. The van der Waals surface area contributed by atoms with E-state index in [-0.39, 0.29) is 5.41 Å². The van der Waals surface area contributed by atoms with Crippen LogP contribution in [-0.2, 0) is 4.79 Å². The molecule has 11 heavy (non-hydrogen) atoms. The Morgan fingerprint density at radius 2 is 1.73 bits per heavy atom. The van der Waals surface area contributed by atoms with Crippen molar-refractivity contribution in [3.05, 3.63) is 0 Å². The van der Waals surface area contributed by atoms with E-state index in [0.29, 0.717) is 0 Å². The second-order valence-electron chi connectivity index (χ2n) is 4.19. The third kappa shape index (κ3) is 1.21. The van der Waals surface area contributed by atoms with Crippen molar-refractivity contribution in [1.82, 2.24) is 0 Å². The minimum Gasteiger partial charge on any atom is -0.303 e. The van der Waals surface area contributed by atoms with Gasteiger partial charge >= 0.3 is 0 Å². The van der Waals surface area contributed by atoms with Crippen LogP contribution in [0.15, 0.2) is 0 Å². The highest BCUT2D eigenvalue weighted by molar-refractivity contribution is 5.64. The average Bonchev–Trinajstić information content (AvgIpc) is 2.86. The predicted molar refractivity (Wildman–Crippen MR) is 44.3 cm³/mol. The molecule has 0 N–H and O–H groups in total. The van der Waals surface area contributed by atoms with Gasteiger partial charge in [0.05, 0.1) is 0 Å². The van der Waals surface area contributed by atoms with Crippen LogP contribution >= 0.6 is 0 Å². The zero-order valence-electron chi connectivity index (χ0n) is 7.01. The summed E-state index contributed by atoms with van der Waals surface area (Å²) in [5, 5.41) is 0. The monoisotopic (exact) mass is 152 g/mol. The van der Waals surface area contributed by atoms with Gasteiger partial charge in [0.25, 0.3) is 0 Å². The van der Waals surface area contributed by atoms with Gasteiger partial charge in [0, 0.05) is 5.41 Å². The van der Waals surface area contributed by atoms with Crippen LogP contribution in [0.3, 0.4) is 0 Å². The SMILES string of the molecule is O=CC1(C2CCCCC2)CC1. The maximum atomic E-state index is 10.8. The summed E-state index contributed by atoms with van der Waals surface area (Å²) in [6.07, 6.45) is 10.4. The smallest absolute Gasteiger partial charge is 0.126 e. The van der Waals surface area contributed by atoms with Gasteiger partial charge in [0.2, 0.25) is 0 Å². The molecule has 0 amide bonds. The molecule has 1 heteroatoms. The molecule has 0 aliphatic heterocycles. The van der Waals surface area contributed by atoms with Crippen molar-refractivity contribution in [2.24, 2.45) is 11.3 Å². The first kappa shape index (κ1) is 7.33. The molecule has 2 saturated carbocycles. The molecular formula is C10H16O. The van der Waals surface area contributed by atoms with E-state index in [0.717, 1.165) is 5.92 Å². The standard InChI is InChI=1S/C10H16O/c11-8-10(6-7-10)9-4-2-1-3-5-9/h8-9H,1-7H2. The molecule has 0 spiro atoms. The summed E-state index contributed by atoms with van der Waals surface area (Å²) in [7, 11) is 0. The molecule has 0 saturated heterocycles. The summed E-state index contributed by atoms with van der Waals surface area (Å²) < 4.78 is 0. The molecule has 62 valence electrons. The fourth-order valence-electron chi connectivity index (χ4n) is 2.44. The number of carbonyl (C=O) groups excluding carboxylic acids is 1. The summed E-state index contributed by atoms with van der Waals surface area (Å²) in [5.74, 6) is 0.758. The highest BCUT2D eigenvalue weighted by Gasteiger charge is 2.48. The number of aldehydes is 1. The fourth-order valence-corrected chi connectivity index (χ4v) is 2.44. The molecule has 0 heterocycles. The van der Waals surface area contributed by atoms with Gasteiger partial charge in [-0.15, -0.1) is 0 Å². The summed E-state index contributed by atoms with van der Waals surface area (Å²) in [6, 6.07) is 0. The molecule has 0 aromatic carbocycles. The second-order valence-corrected chi connectivity index (χ2v) is 4.19. The van der Waals surface area contributed by atoms with Crippen LogP contribution in [0.25, 0.3) is 0 Å². The van der Waals surface area contributed by atoms with Crippen molar-refractivity contribution >= 4 is 6.29 Å². The molecule has 0 aromatic rings. The first-order valence-corrected chi connectivity index (χ1v) is 4.84. The van der Waals surface area contributed by atoms with Gasteiger partial charge in [0.1, 0.15) is 6.29 Å². The van der Waals surface area contributed by atoms with E-state index < -0.39 is 0 Å². The van der Waals surface area contributed by atoms with Crippen LogP contribution in [0.1, 0.15) is 44.9 Å². The van der Waals surface area contributed by atoms with Gasteiger partial charge in [-0.3, -0.25) is 0 Å². The highest BCUT2D eigenvalue weighted by Crippen LogP contribution is 2.54. The molecular weight excluding hydrogens is 136 g/mol. The maximum Gasteiger partial charge on any atom is 0.126 e. The quantitative estimate of drug-likeness (QED) is 0.556. The summed E-state index contributed by atoms with van der Waals surface area (Å²) in [4.78, 5) is 10.8. The Bertz CT molecular complexity index is 152. The molecule has 0 atom stereocenters. The summed E-state index contributed by atoms with van der Waals surface area (Å²) in [5.41, 5.74) is 0.181. The Balaban J connectivity index is 1.97. The number of rotatable bonds is 2. The van der Waals surface area contributed by atoms with E-state index in [4.69, 9.17) is 0 Å². The van der Waals surface area contributed by atoms with Crippen LogP contribution in [0.2, 0.25) is 0 Å². The van der Waals surface area contributed by atoms with E-state index in [1.165, 1.54) is 51.2 Å². The van der Waals surface area contributed by atoms with E-state index in [1.54, 1.807) is 0 Å². The lowest BCUT2D eigenvalue weighted by Crippen LogP contribution is -2.20. The van der Waals surface area contributed by atoms with Crippen LogP contribution in [0.5, 0.6) is 0 Å². The number of hydrogen-bond acceptors (Lipinski definition) is 1. The Morgan fingerprint density at radius 3 is 2.18 bits per heavy atom. The molecule has 2 aliphatic rings. The maximum absolute atomic E-state index is 10.8. The normalized spacial score (nSPS) is 29.8. The van der Waals surface area contributed by atoms with Gasteiger partial charge in [-0.05, 0) is 31.6 Å². The van der Waals surface area contributed by atoms with Crippen molar-refractivity contribution in [3.63, 3.8) is 0 Å². The minimum atomic E-state index is 0.181. The van der Waals surface area contributed by atoms with Crippen LogP contribution in [0.4, 0.5) is 0 Å². The first-order chi connectivity index (χ1) is 5.37. The van der Waals surface area contributed by atoms with Gasteiger partial charge in [-0.25, -0.2) is 0 Å². The molecule has 0 radical (unpaired) electrons. The third-order valence-corrected chi connectivity index (χ3v) is 3.48. The Kier molecular flexibility index (Phi) is 1.74. The molecule has 2 fully saturated rings. The average molecular weight is 152 g/mol. The van der Waals surface area contributed by atoms with Crippen LogP contribution in [-0.4, -0.2) is 6.29 Å². The van der Waals surface area contributed by atoms with E-state index >= 15 is 0 Å². The molecule has 1 nitrogen and oxygen atoms in total. The molecule has 0 bridgehead atoms. The van der Waals surface area contributed by atoms with Crippen molar-refractivity contribution in [2.75, 3.05) is 0 Å². The predicted octanol–water partition coefficient (Wildman–Crippen LogP) is 2.55. The van der Waals surface area contributed by atoms with E-state index in [9.17, 15) is 4.79 Å². The third-order valence-electron chi connectivity index (χ3n) is 3.48. The zero-order valence-corrected chi connectivity index (χ0v) is 7.01. The van der Waals surface area contributed by atoms with E-state index in [1.807, 2.05) is 0 Å². The number of carbonyl (C=O) groups is 1. The van der Waals surface area contributed by atoms with Crippen LogP contribution in [0, 0.1) is 11.3 Å². The van der Waals surface area contributed by atoms with Gasteiger partial charge in [-0.1, -0.05) is 19.3 Å². The lowest BCUT2D eigenvalue weighted by molar-refractivity contribution is -0.114. The van der Waals surface area contributed by atoms with E-state index in [2.05, 4.69) is 0 Å². The van der Waals surface area contributed by atoms with Crippen molar-refractivity contribution in [3.8, 4) is 0 Å². The van der Waals surface area contributed by atoms with Gasteiger partial charge < -0.3 is 4.79 Å². The van der Waals surface area contributed by atoms with Crippen LogP contribution < -0.4 is 0 Å². The Labute approximate surface area is 68.2 Å². The largest absolute Gasteiger partial charge is 0.303 e. The summed E-state index contributed by atoms with van der Waals surface area (Å²) >= 11 is 0. The minimum absolute atomic E-state index is 0.181. The van der Waals surface area contributed by atoms with Crippen molar-refractivity contribution in [2.45, 2.75) is 44.9 Å². The molecule has 2 rings (SSSR count). The van der Waals surface area contributed by atoms with Gasteiger partial charge in [0.15, 0.2) is 0 Å². The number of hydrogen-bond donors (Lipinski definition) is 0. The molecule has 0 unspecified atom stereocenters. The van der Waals surface area contributed by atoms with Crippen molar-refractivity contribution < 1.29 is 4.79 Å². The zero-order chi connectivity index (χ0) is 7.73. The summed E-state index contributed by atoms with van der Waals surface area (Å²) in [6.45, 7) is 0. The van der Waals surface area contributed by atoms with Crippen molar-refractivity contribution in [1.29, 1.82) is 0 Å². The topological polar surface area (TPSA) is 17.1 Å². The van der Waals surface area contributed by atoms with Gasteiger partial charge in [-0.2, -0.15) is 0 Å². The fraction of sp³-hybridized carbons (Fsp3) is 0.900. The Morgan fingerprint density at radius 1 is 1.09 bits per heavy atom. The lowest BCUT2D eigenvalue weighted by Gasteiger charge is -2.26.